The van der Waals surface area contributed by atoms with E-state index in [4.69, 9.17) is 0 Å². The number of nitrogens with one attached hydrogen (secondary N) is 3. The van der Waals surface area contributed by atoms with E-state index in [0.717, 1.165) is 52.7 Å². The Hall–Kier alpha value is -4.30. The first-order valence-electron chi connectivity index (χ1n) is 12.4. The van der Waals surface area contributed by atoms with Crippen molar-refractivity contribution >= 4 is 44.9 Å². The number of aromatic nitrogens is 5. The van der Waals surface area contributed by atoms with Gasteiger partial charge in [-0.2, -0.15) is 5.10 Å². The first-order valence-corrected chi connectivity index (χ1v) is 13.2. The molecule has 182 valence electrons. The monoisotopic (exact) mass is 504 g/mol. The second-order valence-electron chi connectivity index (χ2n) is 9.63. The van der Waals surface area contributed by atoms with Crippen LogP contribution in [0.5, 0.6) is 0 Å². The van der Waals surface area contributed by atoms with E-state index in [1.165, 1.54) is 20.7 Å². The molecule has 1 amide bonds. The van der Waals surface area contributed by atoms with Gasteiger partial charge in [0.15, 0.2) is 5.65 Å². The molecule has 5 aromatic heterocycles. The summed E-state index contributed by atoms with van der Waals surface area (Å²) in [7, 11) is 0. The number of rotatable bonds is 5. The van der Waals surface area contributed by atoms with Gasteiger partial charge in [0, 0.05) is 61.0 Å². The third-order valence-electron chi connectivity index (χ3n) is 7.16. The molecule has 1 fully saturated rings. The van der Waals surface area contributed by atoms with E-state index in [1.54, 1.807) is 29.9 Å². The van der Waals surface area contributed by atoms with Crippen molar-refractivity contribution in [3.8, 4) is 33.0 Å². The summed E-state index contributed by atoms with van der Waals surface area (Å²) in [5, 5.41) is 12.8. The van der Waals surface area contributed by atoms with Crippen LogP contribution in [0.1, 0.15) is 24.1 Å². The van der Waals surface area contributed by atoms with Gasteiger partial charge in [0.2, 0.25) is 5.91 Å². The number of benzene rings is 1. The highest BCUT2D eigenvalue weighted by Crippen LogP contribution is 2.37. The number of amides is 1. The zero-order chi connectivity index (χ0) is 24.9. The van der Waals surface area contributed by atoms with Crippen molar-refractivity contribution in [3.05, 3.63) is 72.0 Å². The van der Waals surface area contributed by atoms with Crippen molar-refractivity contribution in [2.75, 3.05) is 5.32 Å². The summed E-state index contributed by atoms with van der Waals surface area (Å²) in [6, 6.07) is 16.9. The molecule has 8 heteroatoms. The smallest absolute Gasteiger partial charge is 0.227 e. The average Bonchev–Trinajstić information content (AvgIpc) is 3.60. The molecule has 0 saturated heterocycles. The highest BCUT2D eigenvalue weighted by molar-refractivity contribution is 7.15. The maximum atomic E-state index is 12.4. The summed E-state index contributed by atoms with van der Waals surface area (Å²) in [6.45, 7) is 2.13. The molecule has 0 bridgehead atoms. The molecule has 3 N–H and O–H groups in total. The van der Waals surface area contributed by atoms with Gasteiger partial charge in [-0.3, -0.25) is 14.9 Å². The maximum absolute atomic E-state index is 12.4. The number of carbonyl (C=O) groups excluding carboxylic acids is 1. The lowest BCUT2D eigenvalue weighted by atomic mass is 9.85. The van der Waals surface area contributed by atoms with Crippen molar-refractivity contribution in [2.24, 2.45) is 5.92 Å². The van der Waals surface area contributed by atoms with Gasteiger partial charge in [-0.1, -0.05) is 18.6 Å². The first-order chi connectivity index (χ1) is 18.1. The van der Waals surface area contributed by atoms with E-state index in [0.29, 0.717) is 11.3 Å². The number of H-pyrrole nitrogens is 2. The van der Waals surface area contributed by atoms with Crippen molar-refractivity contribution in [2.45, 2.75) is 26.2 Å². The van der Waals surface area contributed by atoms with Crippen LogP contribution < -0.4 is 5.32 Å². The second-order valence-corrected chi connectivity index (χ2v) is 10.9. The lowest BCUT2D eigenvalue weighted by molar-refractivity contribution is -0.122. The molecule has 1 aliphatic carbocycles. The predicted molar refractivity (Wildman–Crippen MR) is 148 cm³/mol. The topological polar surface area (TPSA) is 99.3 Å². The van der Waals surface area contributed by atoms with Gasteiger partial charge in [-0.05, 0) is 56.2 Å². The van der Waals surface area contributed by atoms with E-state index >= 15 is 0 Å². The van der Waals surface area contributed by atoms with Crippen molar-refractivity contribution in [3.63, 3.8) is 0 Å². The number of aryl methyl sites for hydroxylation is 1. The van der Waals surface area contributed by atoms with Gasteiger partial charge in [-0.15, -0.1) is 11.3 Å². The molecule has 0 aliphatic heterocycles. The summed E-state index contributed by atoms with van der Waals surface area (Å²) in [4.78, 5) is 27.5. The van der Waals surface area contributed by atoms with Crippen LogP contribution >= 0.6 is 11.3 Å². The third kappa shape index (κ3) is 3.90. The molecule has 7 nitrogen and oxygen atoms in total. The third-order valence-corrected chi connectivity index (χ3v) is 8.19. The number of carbonyl (C=O) groups is 1. The van der Waals surface area contributed by atoms with E-state index < -0.39 is 0 Å². The van der Waals surface area contributed by atoms with Crippen LogP contribution in [-0.4, -0.2) is 31.1 Å². The fraction of sp³-hybridized carbons (Fsp3) is 0.172. The SMILES string of the molecule is Cc1ccc(-c2cccc3[nH]c(-c4n[nH]c5ncc(-c6cncc(NC(=O)C7CCC7)c6)cc45)cc23)s1. The maximum Gasteiger partial charge on any atom is 0.227 e. The number of anilines is 1. The summed E-state index contributed by atoms with van der Waals surface area (Å²) in [5.41, 5.74) is 7.24. The highest BCUT2D eigenvalue weighted by Gasteiger charge is 2.25. The summed E-state index contributed by atoms with van der Waals surface area (Å²) in [6.07, 6.45) is 8.34. The Morgan fingerprint density at radius 3 is 2.73 bits per heavy atom. The molecule has 5 heterocycles. The van der Waals surface area contributed by atoms with E-state index in [-0.39, 0.29) is 11.8 Å². The molecule has 1 aromatic carbocycles. The molecule has 0 spiro atoms. The largest absolute Gasteiger partial charge is 0.353 e. The van der Waals surface area contributed by atoms with Crippen molar-refractivity contribution in [1.82, 2.24) is 25.1 Å². The Morgan fingerprint density at radius 1 is 1.03 bits per heavy atom. The quantitative estimate of drug-likeness (QED) is 0.237. The molecule has 0 radical (unpaired) electrons. The minimum absolute atomic E-state index is 0.0757. The minimum atomic E-state index is 0.0757. The summed E-state index contributed by atoms with van der Waals surface area (Å²) >= 11 is 1.80. The fourth-order valence-corrected chi connectivity index (χ4v) is 5.83. The predicted octanol–water partition coefficient (Wildman–Crippen LogP) is 6.94. The number of nitrogens with zero attached hydrogens (tertiary/aromatic N) is 3. The normalized spacial score (nSPS) is 13.8. The van der Waals surface area contributed by atoms with Crippen LogP contribution in [0.15, 0.2) is 67.1 Å². The summed E-state index contributed by atoms with van der Waals surface area (Å²) < 4.78 is 0. The number of hydrogen-bond donors (Lipinski definition) is 3. The Labute approximate surface area is 217 Å². The van der Waals surface area contributed by atoms with Crippen molar-refractivity contribution < 1.29 is 4.79 Å². The summed E-state index contributed by atoms with van der Waals surface area (Å²) in [5.74, 6) is 0.197. The van der Waals surface area contributed by atoms with Crippen LogP contribution in [0, 0.1) is 12.8 Å². The lowest BCUT2D eigenvalue weighted by Gasteiger charge is -2.24. The molecule has 1 aliphatic rings. The van der Waals surface area contributed by atoms with Gasteiger partial charge < -0.3 is 10.3 Å². The molecule has 1 saturated carbocycles. The zero-order valence-corrected chi connectivity index (χ0v) is 21.0. The Balaban J connectivity index is 1.26. The van der Waals surface area contributed by atoms with Crippen LogP contribution in [0.2, 0.25) is 0 Å². The standard InChI is InChI=1S/C29H24N6OS/c1-16-8-9-26(37-16)21-6-3-7-24-22(21)12-25(33-24)27-23-11-19(14-31-28(23)35-34-27)18-10-20(15-30-13-18)32-29(36)17-4-2-5-17/h3,6-15,17,33H,2,4-5H2,1H3,(H,32,36)(H,31,34,35). The molecule has 0 unspecified atom stereocenters. The number of aromatic amines is 2. The van der Waals surface area contributed by atoms with E-state index in [1.807, 2.05) is 6.07 Å². The van der Waals surface area contributed by atoms with Crippen LogP contribution in [0.4, 0.5) is 5.69 Å². The Kier molecular flexibility index (Phi) is 5.14. The lowest BCUT2D eigenvalue weighted by Crippen LogP contribution is -2.28. The van der Waals surface area contributed by atoms with Gasteiger partial charge in [-0.25, -0.2) is 4.98 Å². The van der Waals surface area contributed by atoms with Crippen molar-refractivity contribution in [1.29, 1.82) is 0 Å². The molecule has 7 rings (SSSR count). The van der Waals surface area contributed by atoms with Crippen LogP contribution in [-0.2, 0) is 4.79 Å². The Bertz CT molecular complexity index is 1790. The van der Waals surface area contributed by atoms with Gasteiger partial charge in [0.05, 0.1) is 17.6 Å². The molecular formula is C29H24N6OS. The van der Waals surface area contributed by atoms with E-state index in [9.17, 15) is 4.79 Å². The average molecular weight is 505 g/mol. The van der Waals surface area contributed by atoms with Crippen LogP contribution in [0.25, 0.3) is 54.9 Å². The zero-order valence-electron chi connectivity index (χ0n) is 20.2. The number of fused-ring (bicyclic) bond motifs is 2. The second kappa shape index (κ2) is 8.67. The van der Waals surface area contributed by atoms with Crippen LogP contribution in [0.3, 0.4) is 0 Å². The molecule has 6 aromatic rings. The molecular weight excluding hydrogens is 480 g/mol. The Morgan fingerprint density at radius 2 is 1.92 bits per heavy atom. The number of pyridine rings is 2. The van der Waals surface area contributed by atoms with Gasteiger partial charge >= 0.3 is 0 Å². The first kappa shape index (κ1) is 21.9. The minimum Gasteiger partial charge on any atom is -0.353 e. The van der Waals surface area contributed by atoms with Gasteiger partial charge in [0.25, 0.3) is 0 Å². The molecule has 37 heavy (non-hydrogen) atoms. The highest BCUT2D eigenvalue weighted by atomic mass is 32.1. The van der Waals surface area contributed by atoms with Gasteiger partial charge in [0.1, 0.15) is 5.69 Å². The fourth-order valence-electron chi connectivity index (χ4n) is 4.92. The number of thiophene rings is 1. The van der Waals surface area contributed by atoms with E-state index in [2.05, 4.69) is 79.9 Å². The molecule has 0 atom stereocenters. The number of hydrogen-bond acceptors (Lipinski definition) is 5.